The number of aromatic amines is 1. The number of hydrogen-bond donors (Lipinski definition) is 1. The molecule has 1 aliphatic rings. The molecular weight excluding hydrogens is 771 g/mol. The first kappa shape index (κ1) is 44.0. The van der Waals surface area contributed by atoms with Gasteiger partial charge in [0.1, 0.15) is 24.7 Å². The van der Waals surface area contributed by atoms with Gasteiger partial charge in [0, 0.05) is 37.7 Å². The lowest BCUT2D eigenvalue weighted by Crippen LogP contribution is -2.36. The fourth-order valence-electron chi connectivity index (χ4n) is 7.80. The zero-order chi connectivity index (χ0) is 42.1. The number of aryl methyl sites for hydroxylation is 1. The van der Waals surface area contributed by atoms with Crippen molar-refractivity contribution in [1.29, 1.82) is 5.26 Å². The molecule has 59 heavy (non-hydrogen) atoms. The van der Waals surface area contributed by atoms with Gasteiger partial charge in [-0.1, -0.05) is 61.0 Å². The Morgan fingerprint density at radius 2 is 1.64 bits per heavy atom. The molecule has 6 rings (SSSR count). The van der Waals surface area contributed by atoms with Crippen molar-refractivity contribution < 1.29 is 32.8 Å². The summed E-state index contributed by atoms with van der Waals surface area (Å²) in [6, 6.07) is 21.9. The smallest absolute Gasteiger partial charge is 0.330 e. The number of nitrogens with one attached hydrogen (secondary N) is 1. The van der Waals surface area contributed by atoms with E-state index in [9.17, 15) is 19.2 Å². The zero-order valence-corrected chi connectivity index (χ0v) is 35.5. The van der Waals surface area contributed by atoms with Gasteiger partial charge in [0.25, 0.3) is 14.1 Å². The molecule has 4 aromatic carbocycles. The van der Waals surface area contributed by atoms with Gasteiger partial charge in [0.05, 0.1) is 43.8 Å². The van der Waals surface area contributed by atoms with Crippen molar-refractivity contribution in [2.45, 2.75) is 123 Å². The number of Topliss-reactive ketones (excluding diaryl/α,β-unsaturated/α-hetero) is 1. The van der Waals surface area contributed by atoms with Gasteiger partial charge in [-0.25, -0.2) is 9.46 Å². The van der Waals surface area contributed by atoms with E-state index in [-0.39, 0.29) is 68.9 Å². The molecular formula is C45H55N4O9P. The van der Waals surface area contributed by atoms with Crippen molar-refractivity contribution in [1.82, 2.24) is 14.2 Å². The number of carbonyl (C=O) groups excluding carboxylic acids is 2. The minimum Gasteiger partial charge on any atom is -0.463 e. The number of esters is 1. The van der Waals surface area contributed by atoms with E-state index in [0.717, 1.165) is 25.7 Å². The molecule has 0 bridgehead atoms. The molecule has 14 heteroatoms. The summed E-state index contributed by atoms with van der Waals surface area (Å²) in [6.45, 7) is 9.91. The Balaban J connectivity index is 1.08. The van der Waals surface area contributed by atoms with Crippen molar-refractivity contribution in [3.05, 3.63) is 92.8 Å². The maximum Gasteiger partial charge on any atom is 0.330 e. The summed E-state index contributed by atoms with van der Waals surface area (Å²) in [6.07, 6.45) is 3.14. The lowest BCUT2D eigenvalue weighted by atomic mass is 9.90. The lowest BCUT2D eigenvalue weighted by molar-refractivity contribution is -0.150. The van der Waals surface area contributed by atoms with Gasteiger partial charge in [-0.2, -0.15) is 5.26 Å². The maximum atomic E-state index is 13.2. The number of rotatable bonds is 22. The molecule has 1 aromatic heterocycles. The first-order valence-electron chi connectivity index (χ1n) is 20.6. The molecule has 1 aliphatic heterocycles. The monoisotopic (exact) mass is 826 g/mol. The molecule has 0 aliphatic carbocycles. The molecule has 2 heterocycles. The molecule has 314 valence electrons. The van der Waals surface area contributed by atoms with E-state index in [0.29, 0.717) is 6.61 Å². The third kappa shape index (κ3) is 11.0. The molecule has 0 amide bonds. The molecule has 1 fully saturated rings. The van der Waals surface area contributed by atoms with Crippen LogP contribution in [0.1, 0.15) is 96.9 Å². The number of H-pyrrole nitrogens is 1. The van der Waals surface area contributed by atoms with Crippen LogP contribution in [0.5, 0.6) is 0 Å². The Morgan fingerprint density at radius 3 is 2.36 bits per heavy atom. The Kier molecular flexibility index (Phi) is 15.4. The number of ketones is 1. The fraction of sp³-hybridized carbons (Fsp3) is 0.489. The van der Waals surface area contributed by atoms with Gasteiger partial charge in [0.15, 0.2) is 0 Å². The first-order chi connectivity index (χ1) is 28.4. The molecule has 13 nitrogen and oxygen atoms in total. The Morgan fingerprint density at radius 1 is 0.932 bits per heavy atom. The highest BCUT2D eigenvalue weighted by Crippen LogP contribution is 2.50. The van der Waals surface area contributed by atoms with Crippen LogP contribution in [-0.2, 0) is 45.9 Å². The van der Waals surface area contributed by atoms with Crippen LogP contribution in [0.3, 0.4) is 0 Å². The number of ether oxygens (including phenoxy) is 3. The predicted octanol–water partition coefficient (Wildman–Crippen LogP) is 8.22. The van der Waals surface area contributed by atoms with Crippen molar-refractivity contribution in [2.24, 2.45) is 0 Å². The standard InChI is InChI=1S/C45H55N4O9P/c1-29(2)49(30(3)4)59(56-24-10-22-46)58-38-25-40(57-39(38)28-55-41(51)21-14-31(5)50)48-26-36(44(52)47-45(48)53)27-54-23-8-6-7-11-32-15-16-35-18-17-33-12-9-13-34-19-20-37(32)43(35)42(33)34/h9,12-13,15-20,26,29-30,38-40H,6-8,10-11,14,21,23-25,27-28H2,1-5H3,(H,47,52,53). The summed E-state index contributed by atoms with van der Waals surface area (Å²) in [7, 11) is -1.69. The summed E-state index contributed by atoms with van der Waals surface area (Å²) < 4.78 is 33.9. The second kappa shape index (κ2) is 20.6. The molecule has 0 saturated carbocycles. The van der Waals surface area contributed by atoms with Crippen LogP contribution in [-0.4, -0.2) is 70.1 Å². The number of carbonyl (C=O) groups is 2. The highest BCUT2D eigenvalue weighted by molar-refractivity contribution is 7.44. The Hall–Kier alpha value is -4.54. The summed E-state index contributed by atoms with van der Waals surface area (Å²) in [5, 5.41) is 16.9. The molecule has 1 N–H and O–H groups in total. The predicted molar refractivity (Wildman–Crippen MR) is 228 cm³/mol. The second-order valence-electron chi connectivity index (χ2n) is 15.7. The molecule has 1 saturated heterocycles. The number of nitrogens with zero attached hydrogens (tertiary/aromatic N) is 3. The van der Waals surface area contributed by atoms with Gasteiger partial charge < -0.3 is 28.1 Å². The van der Waals surface area contributed by atoms with Crippen molar-refractivity contribution in [3.8, 4) is 6.07 Å². The van der Waals surface area contributed by atoms with E-state index in [1.54, 1.807) is 0 Å². The molecule has 4 unspecified atom stereocenters. The van der Waals surface area contributed by atoms with E-state index in [1.807, 2.05) is 27.7 Å². The highest BCUT2D eigenvalue weighted by Gasteiger charge is 2.42. The van der Waals surface area contributed by atoms with Crippen LogP contribution in [0.15, 0.2) is 70.4 Å². The van der Waals surface area contributed by atoms with Crippen molar-refractivity contribution in [3.63, 3.8) is 0 Å². The third-order valence-electron chi connectivity index (χ3n) is 10.6. The highest BCUT2D eigenvalue weighted by atomic mass is 31.2. The normalized spacial score (nSPS) is 17.5. The second-order valence-corrected chi connectivity index (χ2v) is 17.1. The summed E-state index contributed by atoms with van der Waals surface area (Å²) >= 11 is 0. The zero-order valence-electron chi connectivity index (χ0n) is 34.6. The lowest BCUT2D eigenvalue weighted by Gasteiger charge is -2.37. The number of aromatic nitrogens is 2. The van der Waals surface area contributed by atoms with Crippen LogP contribution >= 0.6 is 8.53 Å². The van der Waals surface area contributed by atoms with Gasteiger partial charge in [-0.15, -0.1) is 0 Å². The SMILES string of the molecule is CC(=O)CCC(=O)OCC1OC(n2cc(COCCCCCc3ccc4ccc5cccc6ccc3c4c56)c(=O)[nH]c2=O)CC1OP(OCCC#N)N(C(C)C)C(C)C. The van der Waals surface area contributed by atoms with Crippen LogP contribution in [0.2, 0.25) is 0 Å². The average molecular weight is 827 g/mol. The van der Waals surface area contributed by atoms with Gasteiger partial charge >= 0.3 is 11.7 Å². The largest absolute Gasteiger partial charge is 0.463 e. The van der Waals surface area contributed by atoms with E-state index in [1.165, 1.54) is 55.6 Å². The number of nitriles is 1. The minimum atomic E-state index is -1.69. The molecule has 5 aromatic rings. The minimum absolute atomic E-state index is 0.00421. The van der Waals surface area contributed by atoms with Gasteiger partial charge in [0.2, 0.25) is 0 Å². The molecule has 4 atom stereocenters. The quantitative estimate of drug-likeness (QED) is 0.0310. The van der Waals surface area contributed by atoms with Crippen molar-refractivity contribution >= 4 is 52.6 Å². The maximum absolute atomic E-state index is 13.2. The van der Waals surface area contributed by atoms with Crippen LogP contribution in [0.4, 0.5) is 0 Å². The van der Waals surface area contributed by atoms with E-state index in [2.05, 4.69) is 70.3 Å². The van der Waals surface area contributed by atoms with E-state index >= 15 is 0 Å². The average Bonchev–Trinajstić information content (AvgIpc) is 3.60. The Labute approximate surface area is 345 Å². The van der Waals surface area contributed by atoms with Crippen LogP contribution < -0.4 is 11.2 Å². The fourth-order valence-corrected chi connectivity index (χ4v) is 9.56. The Bertz CT molecular complexity index is 2350. The number of hydrogen-bond acceptors (Lipinski definition) is 11. The van der Waals surface area contributed by atoms with Crippen molar-refractivity contribution in [2.75, 3.05) is 19.8 Å². The first-order valence-corrected chi connectivity index (χ1v) is 21.7. The molecule has 0 radical (unpaired) electrons. The van der Waals surface area contributed by atoms with Crippen LogP contribution in [0, 0.1) is 11.3 Å². The number of benzene rings is 4. The van der Waals surface area contributed by atoms with Crippen LogP contribution in [0.25, 0.3) is 32.3 Å². The third-order valence-corrected chi connectivity index (χ3v) is 12.8. The topological polar surface area (TPSA) is 162 Å². The number of unbranched alkanes of at least 4 members (excludes halogenated alkanes) is 2. The summed E-state index contributed by atoms with van der Waals surface area (Å²) in [5.41, 5.74) is 0.403. The summed E-state index contributed by atoms with van der Waals surface area (Å²) in [5.74, 6) is -0.686. The van der Waals surface area contributed by atoms with Gasteiger partial charge in [-0.3, -0.25) is 19.1 Å². The van der Waals surface area contributed by atoms with E-state index in [4.69, 9.17) is 28.5 Å². The van der Waals surface area contributed by atoms with E-state index < -0.39 is 44.2 Å². The molecule has 0 spiro atoms. The van der Waals surface area contributed by atoms with Gasteiger partial charge in [-0.05, 0) is 91.8 Å². The summed E-state index contributed by atoms with van der Waals surface area (Å²) in [4.78, 5) is 52.5.